The fourth-order valence-electron chi connectivity index (χ4n) is 4.33. The lowest BCUT2D eigenvalue weighted by atomic mass is 9.97. The van der Waals surface area contributed by atoms with Crippen LogP contribution in [0.25, 0.3) is 11.0 Å². The zero-order valence-corrected chi connectivity index (χ0v) is 20.9. The molecule has 1 fully saturated rings. The summed E-state index contributed by atoms with van der Waals surface area (Å²) in [6.07, 6.45) is 5.04. The monoisotopic (exact) mass is 478 g/mol. The first kappa shape index (κ1) is 24.5. The highest BCUT2D eigenvalue weighted by Gasteiger charge is 2.24. The van der Waals surface area contributed by atoms with Crippen molar-refractivity contribution in [2.75, 3.05) is 18.4 Å². The van der Waals surface area contributed by atoms with Gasteiger partial charge in [0, 0.05) is 38.1 Å². The second-order valence-electron chi connectivity index (χ2n) is 10.0. The molecular weight excluding hydrogens is 444 g/mol. The number of rotatable bonds is 5. The molecule has 1 aliphatic heterocycles. The van der Waals surface area contributed by atoms with E-state index in [0.29, 0.717) is 18.2 Å². The highest BCUT2D eigenvalue weighted by Crippen LogP contribution is 2.23. The average Bonchev–Trinajstić information content (AvgIpc) is 3.12. The van der Waals surface area contributed by atoms with Gasteiger partial charge in [0.15, 0.2) is 0 Å². The summed E-state index contributed by atoms with van der Waals surface area (Å²) in [6.45, 7) is 10.3. The minimum absolute atomic E-state index is 0.0465. The zero-order valence-electron chi connectivity index (χ0n) is 20.9. The van der Waals surface area contributed by atoms with Crippen LogP contribution in [-0.2, 0) is 17.8 Å². The number of hydrogen-bond acceptors (Lipinski definition) is 5. The molecule has 35 heavy (non-hydrogen) atoms. The van der Waals surface area contributed by atoms with Crippen molar-refractivity contribution in [1.82, 2.24) is 24.8 Å². The summed E-state index contributed by atoms with van der Waals surface area (Å²) >= 11 is 0. The van der Waals surface area contributed by atoms with Crippen molar-refractivity contribution in [3.8, 4) is 0 Å². The van der Waals surface area contributed by atoms with Crippen LogP contribution in [0.2, 0.25) is 0 Å². The molecule has 0 unspecified atom stereocenters. The number of carbonyl (C=O) groups excluding carboxylic acids is 2. The van der Waals surface area contributed by atoms with Gasteiger partial charge in [-0.2, -0.15) is 0 Å². The first-order chi connectivity index (χ1) is 16.7. The minimum Gasteiger partial charge on any atom is -0.444 e. The molecule has 1 saturated heterocycles. The Morgan fingerprint density at radius 2 is 1.83 bits per heavy atom. The fraction of sp³-hybridized carbons (Fsp3) is 0.462. The molecule has 2 aromatic heterocycles. The number of aromatic nitrogens is 3. The third-order valence-electron chi connectivity index (χ3n) is 6.13. The number of piperidine rings is 1. The predicted molar refractivity (Wildman–Crippen MR) is 135 cm³/mol. The number of ether oxygens (including phenoxy) is 1. The van der Waals surface area contributed by atoms with Crippen LogP contribution in [0.4, 0.5) is 15.3 Å². The molecule has 0 radical (unpaired) electrons. The Morgan fingerprint density at radius 1 is 1.11 bits per heavy atom. The number of nitrogens with zero attached hydrogens (tertiary/aromatic N) is 4. The van der Waals surface area contributed by atoms with Gasteiger partial charge < -0.3 is 19.5 Å². The minimum atomic E-state index is -0.548. The summed E-state index contributed by atoms with van der Waals surface area (Å²) in [4.78, 5) is 35.2. The van der Waals surface area contributed by atoms with E-state index in [1.165, 1.54) is 0 Å². The van der Waals surface area contributed by atoms with Crippen molar-refractivity contribution < 1.29 is 14.3 Å². The molecule has 2 N–H and O–H groups in total. The molecule has 0 aliphatic carbocycles. The van der Waals surface area contributed by atoms with Crippen LogP contribution < -0.4 is 10.6 Å². The number of benzene rings is 1. The highest BCUT2D eigenvalue weighted by atomic mass is 16.6. The van der Waals surface area contributed by atoms with Gasteiger partial charge in [-0.1, -0.05) is 12.1 Å². The number of likely N-dealkylation sites (tertiary alicyclic amines) is 1. The third kappa shape index (κ3) is 6.49. The normalized spacial score (nSPS) is 14.7. The topological polar surface area (TPSA) is 101 Å². The molecule has 0 atom stereocenters. The van der Waals surface area contributed by atoms with Gasteiger partial charge in [-0.25, -0.2) is 14.6 Å². The first-order valence-corrected chi connectivity index (χ1v) is 12.1. The Balaban J connectivity index is 1.22. The lowest BCUT2D eigenvalue weighted by Gasteiger charge is -2.32. The first-order valence-electron chi connectivity index (χ1n) is 12.1. The smallest absolute Gasteiger partial charge is 0.412 e. The SMILES string of the molecule is Cc1nc2cnccc2n1CC1CCN(C(=O)NCc2ccc(NC(=O)OC(C)(C)C)cc2)CC1. The molecule has 0 saturated carbocycles. The fourth-order valence-corrected chi connectivity index (χ4v) is 4.33. The Hall–Kier alpha value is -3.62. The van der Waals surface area contributed by atoms with E-state index in [0.717, 1.165) is 54.9 Å². The van der Waals surface area contributed by atoms with E-state index >= 15 is 0 Å². The highest BCUT2D eigenvalue weighted by molar-refractivity contribution is 5.84. The van der Waals surface area contributed by atoms with E-state index in [9.17, 15) is 9.59 Å². The molecule has 9 nitrogen and oxygen atoms in total. The van der Waals surface area contributed by atoms with Gasteiger partial charge in [-0.05, 0) is 70.2 Å². The van der Waals surface area contributed by atoms with Gasteiger partial charge in [0.25, 0.3) is 0 Å². The van der Waals surface area contributed by atoms with Gasteiger partial charge in [-0.15, -0.1) is 0 Å². The van der Waals surface area contributed by atoms with E-state index in [2.05, 4.69) is 25.2 Å². The van der Waals surface area contributed by atoms with Crippen LogP contribution in [0.5, 0.6) is 0 Å². The van der Waals surface area contributed by atoms with Crippen LogP contribution in [0.1, 0.15) is 45.0 Å². The number of hydrogen-bond donors (Lipinski definition) is 2. The second-order valence-corrected chi connectivity index (χ2v) is 10.0. The molecule has 9 heteroatoms. The Bertz CT molecular complexity index is 1170. The molecule has 0 bridgehead atoms. The van der Waals surface area contributed by atoms with Crippen molar-refractivity contribution in [2.45, 2.75) is 59.2 Å². The van der Waals surface area contributed by atoms with Crippen LogP contribution >= 0.6 is 0 Å². The summed E-state index contributed by atoms with van der Waals surface area (Å²) in [5.74, 6) is 1.51. The average molecular weight is 479 g/mol. The number of carbonyl (C=O) groups is 2. The number of urea groups is 1. The standard InChI is InChI=1S/C26H34N6O3/c1-18-29-22-16-27-12-9-23(22)32(18)17-20-10-13-31(14-11-20)24(33)28-15-19-5-7-21(8-6-19)30-25(34)35-26(2,3)4/h5-9,12,16,20H,10-11,13-15,17H2,1-4H3,(H,28,33)(H,30,34). The summed E-state index contributed by atoms with van der Waals surface area (Å²) in [6, 6.07) is 9.33. The van der Waals surface area contributed by atoms with E-state index in [1.807, 2.05) is 50.8 Å². The molecular formula is C26H34N6O3. The summed E-state index contributed by atoms with van der Waals surface area (Å²) in [7, 11) is 0. The quantitative estimate of drug-likeness (QED) is 0.553. The predicted octanol–water partition coefficient (Wildman–Crippen LogP) is 4.71. The summed E-state index contributed by atoms with van der Waals surface area (Å²) in [5, 5.41) is 5.72. The number of nitrogens with one attached hydrogen (secondary N) is 2. The molecule has 186 valence electrons. The maximum atomic E-state index is 12.7. The Morgan fingerprint density at radius 3 is 2.51 bits per heavy atom. The summed E-state index contributed by atoms with van der Waals surface area (Å²) in [5.41, 5.74) is 3.10. The van der Waals surface area contributed by atoms with Crippen molar-refractivity contribution in [1.29, 1.82) is 0 Å². The molecule has 0 spiro atoms. The van der Waals surface area contributed by atoms with Crippen LogP contribution in [-0.4, -0.2) is 50.2 Å². The van der Waals surface area contributed by atoms with Crippen molar-refractivity contribution in [3.05, 3.63) is 54.1 Å². The Kier molecular flexibility index (Phi) is 7.23. The van der Waals surface area contributed by atoms with Gasteiger partial charge in [-0.3, -0.25) is 10.3 Å². The molecule has 4 rings (SSSR count). The van der Waals surface area contributed by atoms with E-state index < -0.39 is 11.7 Å². The molecule has 1 aliphatic rings. The zero-order chi connectivity index (χ0) is 25.0. The van der Waals surface area contributed by atoms with Gasteiger partial charge in [0.05, 0.1) is 11.7 Å². The molecule has 3 heterocycles. The second kappa shape index (κ2) is 10.3. The molecule has 3 aromatic rings. The number of fused-ring (bicyclic) bond motifs is 1. The lowest BCUT2D eigenvalue weighted by Crippen LogP contribution is -2.44. The largest absolute Gasteiger partial charge is 0.444 e. The maximum Gasteiger partial charge on any atom is 0.412 e. The van der Waals surface area contributed by atoms with Crippen molar-refractivity contribution in [2.24, 2.45) is 5.92 Å². The van der Waals surface area contributed by atoms with E-state index in [4.69, 9.17) is 4.74 Å². The van der Waals surface area contributed by atoms with E-state index in [-0.39, 0.29) is 6.03 Å². The lowest BCUT2D eigenvalue weighted by molar-refractivity contribution is 0.0636. The number of pyridine rings is 1. The van der Waals surface area contributed by atoms with Crippen molar-refractivity contribution in [3.63, 3.8) is 0 Å². The van der Waals surface area contributed by atoms with E-state index in [1.54, 1.807) is 24.5 Å². The van der Waals surface area contributed by atoms with Crippen molar-refractivity contribution >= 4 is 28.8 Å². The number of anilines is 1. The summed E-state index contributed by atoms with van der Waals surface area (Å²) < 4.78 is 7.52. The molecule has 1 aromatic carbocycles. The van der Waals surface area contributed by atoms with Crippen LogP contribution in [0, 0.1) is 12.8 Å². The third-order valence-corrected chi connectivity index (χ3v) is 6.13. The van der Waals surface area contributed by atoms with Gasteiger partial charge in [0.1, 0.15) is 16.9 Å². The Labute approximate surface area is 205 Å². The van der Waals surface area contributed by atoms with Gasteiger partial charge in [0.2, 0.25) is 0 Å². The number of amides is 3. The van der Waals surface area contributed by atoms with Crippen LogP contribution in [0.15, 0.2) is 42.7 Å². The number of aryl methyl sites for hydroxylation is 1. The maximum absolute atomic E-state index is 12.7. The van der Waals surface area contributed by atoms with Gasteiger partial charge >= 0.3 is 12.1 Å². The number of imidazole rings is 1. The molecule has 3 amide bonds. The van der Waals surface area contributed by atoms with Crippen LogP contribution in [0.3, 0.4) is 0 Å².